The summed E-state index contributed by atoms with van der Waals surface area (Å²) >= 11 is 0. The summed E-state index contributed by atoms with van der Waals surface area (Å²) in [5.41, 5.74) is 0.378. The molecule has 0 aliphatic heterocycles. The molecule has 0 atom stereocenters. The third kappa shape index (κ3) is 4.84. The standard InChI is InChI=1S/C17H15NO4/c18-12-14-6-4-5-9-16(14)22-13-17(19)21-11-10-20-15-7-2-1-3-8-15/h1-9H,10-11,13H2. The lowest BCUT2D eigenvalue weighted by Gasteiger charge is -2.09. The first-order valence-electron chi connectivity index (χ1n) is 6.75. The monoisotopic (exact) mass is 297 g/mol. The van der Waals surface area contributed by atoms with Gasteiger partial charge in [-0.2, -0.15) is 5.26 Å². The molecule has 2 rings (SSSR count). The Morgan fingerprint density at radius 1 is 0.955 bits per heavy atom. The van der Waals surface area contributed by atoms with Crippen molar-refractivity contribution >= 4 is 5.97 Å². The quantitative estimate of drug-likeness (QED) is 0.580. The van der Waals surface area contributed by atoms with Crippen molar-refractivity contribution in [3.05, 3.63) is 60.2 Å². The van der Waals surface area contributed by atoms with Gasteiger partial charge in [0.1, 0.15) is 30.8 Å². The minimum absolute atomic E-state index is 0.136. The second kappa shape index (κ2) is 8.32. The van der Waals surface area contributed by atoms with E-state index in [4.69, 9.17) is 19.5 Å². The first-order chi connectivity index (χ1) is 10.8. The third-order valence-corrected chi connectivity index (χ3v) is 2.71. The molecule has 2 aromatic carbocycles. The summed E-state index contributed by atoms with van der Waals surface area (Å²) in [6.07, 6.45) is 0. The average molecular weight is 297 g/mol. The van der Waals surface area contributed by atoms with Crippen molar-refractivity contribution in [3.63, 3.8) is 0 Å². The number of carbonyl (C=O) groups excluding carboxylic acids is 1. The fourth-order valence-corrected chi connectivity index (χ4v) is 1.69. The van der Waals surface area contributed by atoms with E-state index in [1.165, 1.54) is 0 Å². The molecule has 0 fully saturated rings. The molecule has 0 bridgehead atoms. The third-order valence-electron chi connectivity index (χ3n) is 2.71. The predicted molar refractivity (Wildman–Crippen MR) is 79.5 cm³/mol. The molecule has 2 aromatic rings. The highest BCUT2D eigenvalue weighted by Gasteiger charge is 2.07. The molecule has 0 unspecified atom stereocenters. The Balaban J connectivity index is 1.67. The molecule has 0 heterocycles. The van der Waals surface area contributed by atoms with E-state index in [9.17, 15) is 4.79 Å². The first-order valence-corrected chi connectivity index (χ1v) is 6.75. The fourth-order valence-electron chi connectivity index (χ4n) is 1.69. The molecule has 0 saturated heterocycles. The Labute approximate surface area is 128 Å². The van der Waals surface area contributed by atoms with Gasteiger partial charge in [-0.15, -0.1) is 0 Å². The summed E-state index contributed by atoms with van der Waals surface area (Å²) in [6, 6.07) is 18.0. The van der Waals surface area contributed by atoms with Crippen LogP contribution in [0, 0.1) is 11.3 Å². The molecule has 5 heteroatoms. The van der Waals surface area contributed by atoms with Crippen molar-refractivity contribution in [3.8, 4) is 17.6 Å². The number of hydrogen-bond donors (Lipinski definition) is 0. The molecule has 0 aliphatic rings. The maximum atomic E-state index is 11.5. The second-order valence-corrected chi connectivity index (χ2v) is 4.28. The number of nitriles is 1. The number of ether oxygens (including phenoxy) is 3. The zero-order chi connectivity index (χ0) is 15.6. The van der Waals surface area contributed by atoms with Crippen molar-refractivity contribution in [2.75, 3.05) is 19.8 Å². The maximum Gasteiger partial charge on any atom is 0.344 e. The van der Waals surface area contributed by atoms with Crippen LogP contribution in [0.1, 0.15) is 5.56 Å². The largest absolute Gasteiger partial charge is 0.490 e. The van der Waals surface area contributed by atoms with Crippen molar-refractivity contribution < 1.29 is 19.0 Å². The molecule has 112 valence electrons. The minimum atomic E-state index is -0.510. The Bertz CT molecular complexity index is 649. The summed E-state index contributed by atoms with van der Waals surface area (Å²) in [5.74, 6) is 0.574. The number of esters is 1. The normalized spacial score (nSPS) is 9.59. The Morgan fingerprint density at radius 3 is 2.45 bits per heavy atom. The van der Waals surface area contributed by atoms with Crippen molar-refractivity contribution in [2.24, 2.45) is 0 Å². The average Bonchev–Trinajstić information content (AvgIpc) is 2.58. The van der Waals surface area contributed by atoms with E-state index in [0.29, 0.717) is 11.3 Å². The highest BCUT2D eigenvalue weighted by atomic mass is 16.6. The van der Waals surface area contributed by atoms with Gasteiger partial charge in [0.15, 0.2) is 6.61 Å². The minimum Gasteiger partial charge on any atom is -0.490 e. The van der Waals surface area contributed by atoms with Crippen LogP contribution in [0.4, 0.5) is 0 Å². The van der Waals surface area contributed by atoms with E-state index in [0.717, 1.165) is 5.75 Å². The molecule has 0 saturated carbocycles. The number of para-hydroxylation sites is 2. The second-order valence-electron chi connectivity index (χ2n) is 4.28. The van der Waals surface area contributed by atoms with Gasteiger partial charge in [-0.25, -0.2) is 4.79 Å². The Morgan fingerprint density at radius 2 is 1.68 bits per heavy atom. The predicted octanol–water partition coefficient (Wildman–Crippen LogP) is 2.56. The van der Waals surface area contributed by atoms with E-state index < -0.39 is 5.97 Å². The lowest BCUT2D eigenvalue weighted by molar-refractivity contribution is -0.146. The van der Waals surface area contributed by atoms with Gasteiger partial charge in [0.05, 0.1) is 5.56 Å². The van der Waals surface area contributed by atoms with Gasteiger partial charge in [0, 0.05) is 0 Å². The highest BCUT2D eigenvalue weighted by Crippen LogP contribution is 2.16. The van der Waals surface area contributed by atoms with Crippen LogP contribution in [0.5, 0.6) is 11.5 Å². The van der Waals surface area contributed by atoms with Crippen molar-refractivity contribution in [1.29, 1.82) is 5.26 Å². The molecule has 0 aliphatic carbocycles. The SMILES string of the molecule is N#Cc1ccccc1OCC(=O)OCCOc1ccccc1. The van der Waals surface area contributed by atoms with Gasteiger partial charge in [0.2, 0.25) is 0 Å². The summed E-state index contributed by atoms with van der Waals surface area (Å²) in [5, 5.41) is 8.90. The van der Waals surface area contributed by atoms with Crippen molar-refractivity contribution in [1.82, 2.24) is 0 Å². The van der Waals surface area contributed by atoms with Crippen molar-refractivity contribution in [2.45, 2.75) is 0 Å². The maximum absolute atomic E-state index is 11.5. The molecule has 0 spiro atoms. The number of nitrogens with zero attached hydrogens (tertiary/aromatic N) is 1. The molecule has 22 heavy (non-hydrogen) atoms. The fraction of sp³-hybridized carbons (Fsp3) is 0.176. The van der Waals surface area contributed by atoms with E-state index in [1.54, 1.807) is 24.3 Å². The summed E-state index contributed by atoms with van der Waals surface area (Å²) < 4.78 is 15.6. The van der Waals surface area contributed by atoms with Crippen LogP contribution >= 0.6 is 0 Å². The molecule has 5 nitrogen and oxygen atoms in total. The highest BCUT2D eigenvalue weighted by molar-refractivity contribution is 5.71. The van der Waals surface area contributed by atoms with Gasteiger partial charge in [0.25, 0.3) is 0 Å². The van der Waals surface area contributed by atoms with Crippen LogP contribution < -0.4 is 9.47 Å². The summed E-state index contributed by atoms with van der Waals surface area (Å²) in [6.45, 7) is 0.158. The molecule has 0 radical (unpaired) electrons. The van der Waals surface area contributed by atoms with E-state index in [1.807, 2.05) is 36.4 Å². The van der Waals surface area contributed by atoms with Crippen LogP contribution in [0.15, 0.2) is 54.6 Å². The van der Waals surface area contributed by atoms with Crippen LogP contribution in [0.2, 0.25) is 0 Å². The van der Waals surface area contributed by atoms with E-state index in [2.05, 4.69) is 0 Å². The van der Waals surface area contributed by atoms with E-state index in [-0.39, 0.29) is 19.8 Å². The molecule has 0 aromatic heterocycles. The Hall–Kier alpha value is -3.00. The number of hydrogen-bond acceptors (Lipinski definition) is 5. The first kappa shape index (κ1) is 15.4. The number of benzene rings is 2. The Kier molecular flexibility index (Phi) is 5.82. The van der Waals surface area contributed by atoms with Crippen LogP contribution in [-0.2, 0) is 9.53 Å². The summed E-state index contributed by atoms with van der Waals surface area (Å²) in [7, 11) is 0. The number of carbonyl (C=O) groups is 1. The van der Waals surface area contributed by atoms with Gasteiger partial charge in [-0.1, -0.05) is 30.3 Å². The van der Waals surface area contributed by atoms with Gasteiger partial charge in [-0.05, 0) is 24.3 Å². The zero-order valence-corrected chi connectivity index (χ0v) is 11.9. The lowest BCUT2D eigenvalue weighted by atomic mass is 10.2. The topological polar surface area (TPSA) is 68.5 Å². The molecular formula is C17H15NO4. The van der Waals surface area contributed by atoms with Gasteiger partial charge in [-0.3, -0.25) is 0 Å². The van der Waals surface area contributed by atoms with Gasteiger partial charge >= 0.3 is 5.97 Å². The van der Waals surface area contributed by atoms with Crippen LogP contribution in [0.3, 0.4) is 0 Å². The smallest absolute Gasteiger partial charge is 0.344 e. The van der Waals surface area contributed by atoms with Gasteiger partial charge < -0.3 is 14.2 Å². The summed E-state index contributed by atoms with van der Waals surface area (Å²) in [4.78, 5) is 11.5. The molecular weight excluding hydrogens is 282 g/mol. The molecule has 0 amide bonds. The zero-order valence-electron chi connectivity index (χ0n) is 11.9. The number of rotatable bonds is 7. The lowest BCUT2D eigenvalue weighted by Crippen LogP contribution is -2.18. The molecule has 0 N–H and O–H groups in total. The van der Waals surface area contributed by atoms with Crippen LogP contribution in [-0.4, -0.2) is 25.8 Å². The van der Waals surface area contributed by atoms with E-state index >= 15 is 0 Å². The van der Waals surface area contributed by atoms with Crippen LogP contribution in [0.25, 0.3) is 0 Å².